The zero-order chi connectivity index (χ0) is 63.3. The zero-order valence-electron chi connectivity index (χ0n) is 51.2. The zero-order valence-corrected chi connectivity index (χ0v) is 52.8. The van der Waals surface area contributed by atoms with Crippen LogP contribution in [0.5, 0.6) is 12.0 Å². The molecule has 2 aromatic heterocycles. The van der Waals surface area contributed by atoms with E-state index in [0.29, 0.717) is 102 Å². The molecule has 0 amide bonds. The maximum absolute atomic E-state index is 15.4. The predicted octanol–water partition coefficient (Wildman–Crippen LogP) is 14.7. The summed E-state index contributed by atoms with van der Waals surface area (Å²) < 4.78 is 51.3. The highest BCUT2D eigenvalue weighted by Crippen LogP contribution is 2.32. The number of carbonyl (C=O) groups is 6. The molecule has 0 aliphatic carbocycles. The van der Waals surface area contributed by atoms with Crippen LogP contribution in [0, 0.1) is 23.5 Å². The number of carboxylic acid groups (broad SMARTS) is 2. The Morgan fingerprint density at radius 2 is 1.06 bits per heavy atom. The van der Waals surface area contributed by atoms with Crippen molar-refractivity contribution in [1.29, 1.82) is 0 Å². The molecule has 0 saturated carbocycles. The predicted molar refractivity (Wildman–Crippen MR) is 345 cm³/mol. The summed E-state index contributed by atoms with van der Waals surface area (Å²) in [5.74, 6) is -2.70. The summed E-state index contributed by atoms with van der Waals surface area (Å²) in [5, 5.41) is 17.0. The van der Waals surface area contributed by atoms with Crippen LogP contribution >= 0.6 is 23.5 Å². The molecule has 0 unspecified atom stereocenters. The number of nitrogens with zero attached hydrogens (tertiary/aromatic N) is 4. The van der Waals surface area contributed by atoms with Crippen molar-refractivity contribution in [1.82, 2.24) is 19.1 Å². The first-order chi connectivity index (χ1) is 40.2. The lowest BCUT2D eigenvalue weighted by molar-refractivity contribution is -0.136. The van der Waals surface area contributed by atoms with Crippen LogP contribution in [0.2, 0.25) is 0 Å². The fraction of sp³-hybridized carbons (Fsp3) is 0.463. The van der Waals surface area contributed by atoms with Crippen LogP contribution in [0.25, 0.3) is 22.3 Å². The molecule has 4 aromatic carbocycles. The molecule has 4 N–H and O–H groups in total. The topological polar surface area (TPSA) is 232 Å². The summed E-state index contributed by atoms with van der Waals surface area (Å²) in [7, 11) is 0. The number of imidazole rings is 2. The number of aryl methyl sites for hydroxylation is 2. The van der Waals surface area contributed by atoms with Crippen molar-refractivity contribution in [3.8, 4) is 34.3 Å². The number of benzene rings is 4. The molecule has 2 heterocycles. The number of rotatable bonds is 26. The van der Waals surface area contributed by atoms with Crippen molar-refractivity contribution in [3.05, 3.63) is 142 Å². The van der Waals surface area contributed by atoms with Gasteiger partial charge in [-0.15, -0.1) is 0 Å². The normalized spacial score (nSPS) is 11.7. The van der Waals surface area contributed by atoms with Crippen molar-refractivity contribution in [2.24, 2.45) is 17.6 Å². The van der Waals surface area contributed by atoms with Crippen LogP contribution in [-0.2, 0) is 62.8 Å². The van der Waals surface area contributed by atoms with Gasteiger partial charge >= 0.3 is 17.9 Å². The number of ketones is 1. The number of carboxylic acids is 2. The Labute approximate surface area is 521 Å². The molecule has 476 valence electrons. The number of hydrogen-bond donors (Lipinski definition) is 3. The van der Waals surface area contributed by atoms with Gasteiger partial charge in [0, 0.05) is 43.6 Å². The van der Waals surface area contributed by atoms with E-state index in [0.717, 1.165) is 46.3 Å². The van der Waals surface area contributed by atoms with Gasteiger partial charge in [0.05, 0.1) is 59.8 Å². The minimum Gasteiger partial charge on any atom is -0.480 e. The second kappa shape index (κ2) is 36.2. The number of aromatic nitrogens is 4. The molecule has 0 spiro atoms. The highest BCUT2D eigenvalue weighted by atomic mass is 32.2. The molecule has 87 heavy (non-hydrogen) atoms. The van der Waals surface area contributed by atoms with Gasteiger partial charge in [0.1, 0.15) is 28.3 Å². The van der Waals surface area contributed by atoms with Crippen LogP contribution in [0.15, 0.2) is 84.9 Å². The first-order valence-corrected chi connectivity index (χ1v) is 30.4. The molecule has 6 rings (SSSR count). The van der Waals surface area contributed by atoms with E-state index in [9.17, 15) is 33.9 Å². The SMILES string of the molecule is C.C.CC(=O)S[C@@H](CC(C)C)C(=O)O.CCOc1nc(CC)c(CCC(=O)[C@H](CC(C)C)SC(C)=O)n1Cc1ccc(-c2ccccc2C(=O)O)cc1F.CCOc1nc(CC)c(CN)n1Cc1ccc(-c2ccccc2C(=O)OC(C)(C)C)cc1F. The fourth-order valence-corrected chi connectivity index (χ4v) is 11.3. The van der Waals surface area contributed by atoms with Crippen molar-refractivity contribution >= 4 is 57.4 Å². The van der Waals surface area contributed by atoms with Gasteiger partial charge in [-0.3, -0.25) is 28.3 Å². The average Bonchev–Trinajstić information content (AvgIpc) is 1.98. The van der Waals surface area contributed by atoms with Gasteiger partial charge in [-0.05, 0) is 125 Å². The van der Waals surface area contributed by atoms with E-state index in [4.69, 9.17) is 25.1 Å². The number of nitrogens with two attached hydrogens (primary N) is 1. The van der Waals surface area contributed by atoms with Crippen LogP contribution in [-0.4, -0.2) is 92.6 Å². The third-order valence-corrected chi connectivity index (χ3v) is 15.1. The Hall–Kier alpha value is -7.16. The summed E-state index contributed by atoms with van der Waals surface area (Å²) in [6.45, 7) is 25.4. The van der Waals surface area contributed by atoms with E-state index in [1.807, 2.05) is 97.4 Å². The van der Waals surface area contributed by atoms with Crippen molar-refractivity contribution in [2.75, 3.05) is 13.2 Å². The van der Waals surface area contributed by atoms with Gasteiger partial charge < -0.3 is 30.2 Å². The van der Waals surface area contributed by atoms with Crippen LogP contribution in [0.3, 0.4) is 0 Å². The standard InChI is InChI=1S/C31H37FN2O5S.C26H32FN3O3.C8H14O3S.2CH4/c1-6-26-27(14-15-28(36)29(16-19(3)4)40-20(5)35)34(31(33-26)39-7-2)18-22-13-12-21(17-25(22)32)23-10-8-9-11-24(23)30(37)38;1-6-22-23(15-28)30(25(29-22)32-7-2)16-18-13-12-17(14-21(18)27)19-10-8-9-11-20(19)24(31)33-26(3,4)5;1-5(2)4-7(8(10)11)12-6(3)9;;/h8-13,17,19,29H,6-7,14-16,18H2,1-5H3,(H,37,38);8-14H,6-7,15-16,28H2,1-5H3;5,7H,4H2,1-3H3,(H,10,11);2*1H4/t29-;;7-;;/m0.0../s1. The Morgan fingerprint density at radius 3 is 1.46 bits per heavy atom. The van der Waals surface area contributed by atoms with Crippen LogP contribution in [0.4, 0.5) is 8.78 Å². The molecule has 0 saturated heterocycles. The Balaban J connectivity index is 0.000000495. The number of aliphatic carboxylic acids is 1. The Bertz CT molecular complexity index is 3260. The molecule has 6 aromatic rings. The van der Waals surface area contributed by atoms with E-state index in [-0.39, 0.29) is 74.2 Å². The van der Waals surface area contributed by atoms with E-state index in [1.54, 1.807) is 54.6 Å². The minimum atomic E-state index is -1.08. The van der Waals surface area contributed by atoms with Crippen molar-refractivity contribution in [2.45, 2.75) is 179 Å². The maximum Gasteiger partial charge on any atom is 0.339 e. The molecule has 0 aliphatic heterocycles. The highest BCUT2D eigenvalue weighted by molar-refractivity contribution is 8.14. The molecule has 2 atom stereocenters. The number of hydrogen-bond acceptors (Lipinski definition) is 14. The van der Waals surface area contributed by atoms with Crippen molar-refractivity contribution < 1.29 is 62.0 Å². The van der Waals surface area contributed by atoms with Crippen LogP contribution < -0.4 is 15.2 Å². The van der Waals surface area contributed by atoms with E-state index in [1.165, 1.54) is 32.0 Å². The first-order valence-electron chi connectivity index (χ1n) is 28.6. The Kier molecular flexibility index (Phi) is 31.6. The number of ether oxygens (including phenoxy) is 3. The first kappa shape index (κ1) is 75.9. The maximum atomic E-state index is 15.4. The number of esters is 1. The number of carbonyl (C=O) groups excluding carboxylic acids is 4. The largest absolute Gasteiger partial charge is 0.480 e. The van der Waals surface area contributed by atoms with Gasteiger partial charge in [-0.1, -0.05) is 141 Å². The average molecular weight is 1240 g/mol. The van der Waals surface area contributed by atoms with Gasteiger partial charge in [0.25, 0.3) is 12.0 Å². The summed E-state index contributed by atoms with van der Waals surface area (Å²) in [5.41, 5.74) is 12.1. The number of Topliss-reactive ketones (excluding diaryl/α,β-unsaturated/α-hetero) is 1. The summed E-state index contributed by atoms with van der Waals surface area (Å²) in [6.07, 6.45) is 3.11. The van der Waals surface area contributed by atoms with E-state index >= 15 is 8.78 Å². The molecule has 0 bridgehead atoms. The lowest BCUT2D eigenvalue weighted by Crippen LogP contribution is -2.24. The number of thioether (sulfide) groups is 2. The molecule has 0 aliphatic rings. The van der Waals surface area contributed by atoms with Gasteiger partial charge in [0.15, 0.2) is 10.2 Å². The van der Waals surface area contributed by atoms with E-state index in [2.05, 4.69) is 9.97 Å². The smallest absolute Gasteiger partial charge is 0.339 e. The molecular formula is C67H91F2N5O11S2. The second-order valence-corrected chi connectivity index (χ2v) is 24.6. The monoisotopic (exact) mass is 1240 g/mol. The lowest BCUT2D eigenvalue weighted by Gasteiger charge is -2.20. The summed E-state index contributed by atoms with van der Waals surface area (Å²) >= 11 is 1.98. The number of halogens is 2. The highest BCUT2D eigenvalue weighted by Gasteiger charge is 2.27. The van der Waals surface area contributed by atoms with Gasteiger partial charge in [-0.25, -0.2) is 23.4 Å². The van der Waals surface area contributed by atoms with Crippen LogP contribution in [0.1, 0.15) is 179 Å². The summed E-state index contributed by atoms with van der Waals surface area (Å²) in [4.78, 5) is 79.7. The quantitative estimate of drug-likeness (QED) is 0.0429. The third kappa shape index (κ3) is 22.8. The number of aromatic carboxylic acids is 1. The molecular weight excluding hydrogens is 1150 g/mol. The second-order valence-electron chi connectivity index (χ2n) is 21.8. The van der Waals surface area contributed by atoms with Crippen molar-refractivity contribution in [3.63, 3.8) is 0 Å². The minimum absolute atomic E-state index is 0. The molecule has 0 radical (unpaired) electrons. The summed E-state index contributed by atoms with van der Waals surface area (Å²) in [6, 6.07) is 24.0. The Morgan fingerprint density at radius 1 is 0.632 bits per heavy atom. The molecule has 20 heteroatoms. The molecule has 0 fully saturated rings. The third-order valence-electron chi connectivity index (χ3n) is 13.0. The van der Waals surface area contributed by atoms with Gasteiger partial charge in [-0.2, -0.15) is 4.98 Å². The van der Waals surface area contributed by atoms with Gasteiger partial charge in [0.2, 0.25) is 0 Å². The van der Waals surface area contributed by atoms with E-state index < -0.39 is 39.8 Å². The fourth-order valence-electron chi connectivity index (χ4n) is 9.20. The molecule has 16 nitrogen and oxygen atoms in total. The lowest BCUT2D eigenvalue weighted by atomic mass is 9.98.